The molecule has 0 saturated carbocycles. The summed E-state index contributed by atoms with van der Waals surface area (Å²) in [5.74, 6) is -0.196. The van der Waals surface area contributed by atoms with E-state index in [2.05, 4.69) is 15.4 Å². The molecule has 2 aromatic rings. The quantitative estimate of drug-likeness (QED) is 0.652. The first-order valence-corrected chi connectivity index (χ1v) is 11.3. The van der Waals surface area contributed by atoms with Crippen LogP contribution in [-0.2, 0) is 14.8 Å². The van der Waals surface area contributed by atoms with Crippen LogP contribution >= 0.6 is 0 Å². The van der Waals surface area contributed by atoms with E-state index in [0.717, 1.165) is 5.56 Å². The SMILES string of the molecule is Cc1cccc(NC(=O)NCC(=O)N2CCC(NS(=O)(=O)c3ccccc3)CC2)c1. The number of aryl methyl sites for hydroxylation is 1. The fourth-order valence-electron chi connectivity index (χ4n) is 3.30. The summed E-state index contributed by atoms with van der Waals surface area (Å²) in [5.41, 5.74) is 1.68. The van der Waals surface area contributed by atoms with E-state index in [9.17, 15) is 18.0 Å². The van der Waals surface area contributed by atoms with E-state index in [1.807, 2.05) is 25.1 Å². The Morgan fingerprint density at radius 1 is 1.03 bits per heavy atom. The van der Waals surface area contributed by atoms with Gasteiger partial charge in [-0.1, -0.05) is 30.3 Å². The summed E-state index contributed by atoms with van der Waals surface area (Å²) in [6.45, 7) is 2.68. The highest BCUT2D eigenvalue weighted by atomic mass is 32.2. The normalized spacial score (nSPS) is 14.9. The lowest BCUT2D eigenvalue weighted by atomic mass is 10.1. The van der Waals surface area contributed by atoms with E-state index in [0.29, 0.717) is 31.6 Å². The van der Waals surface area contributed by atoms with Crippen molar-refractivity contribution in [1.82, 2.24) is 14.9 Å². The van der Waals surface area contributed by atoms with Crippen LogP contribution in [0.1, 0.15) is 18.4 Å². The molecule has 0 unspecified atom stereocenters. The first-order chi connectivity index (χ1) is 14.3. The number of benzene rings is 2. The summed E-state index contributed by atoms with van der Waals surface area (Å²) in [6.07, 6.45) is 1.04. The fourth-order valence-corrected chi connectivity index (χ4v) is 4.63. The van der Waals surface area contributed by atoms with Gasteiger partial charge in [-0.2, -0.15) is 0 Å². The predicted octanol–water partition coefficient (Wildman–Crippen LogP) is 2.09. The third kappa shape index (κ3) is 6.04. The minimum atomic E-state index is -3.57. The summed E-state index contributed by atoms with van der Waals surface area (Å²) in [5, 5.41) is 5.26. The standard InChI is InChI=1S/C21H26N4O4S/c1-16-6-5-7-18(14-16)23-21(27)22-15-20(26)25-12-10-17(11-13-25)24-30(28,29)19-8-3-2-4-9-19/h2-9,14,17,24H,10-13,15H2,1H3,(H2,22,23,27). The van der Waals surface area contributed by atoms with Crippen LogP contribution in [0.25, 0.3) is 0 Å². The minimum Gasteiger partial charge on any atom is -0.341 e. The molecule has 3 N–H and O–H groups in total. The van der Waals surface area contributed by atoms with Crippen LogP contribution in [0, 0.1) is 6.92 Å². The smallest absolute Gasteiger partial charge is 0.319 e. The first kappa shape index (κ1) is 21.8. The van der Waals surface area contributed by atoms with Crippen molar-refractivity contribution in [2.45, 2.75) is 30.7 Å². The van der Waals surface area contributed by atoms with Crippen LogP contribution in [0.4, 0.5) is 10.5 Å². The van der Waals surface area contributed by atoms with Gasteiger partial charge in [0, 0.05) is 24.8 Å². The van der Waals surface area contributed by atoms with Crippen molar-refractivity contribution < 1.29 is 18.0 Å². The highest BCUT2D eigenvalue weighted by Crippen LogP contribution is 2.15. The number of carbonyl (C=O) groups excluding carboxylic acids is 2. The van der Waals surface area contributed by atoms with E-state index in [1.54, 1.807) is 41.3 Å². The van der Waals surface area contributed by atoms with Crippen LogP contribution < -0.4 is 15.4 Å². The number of likely N-dealkylation sites (tertiary alicyclic amines) is 1. The summed E-state index contributed by atoms with van der Waals surface area (Å²) < 4.78 is 27.5. The molecular weight excluding hydrogens is 404 g/mol. The van der Waals surface area contributed by atoms with Crippen molar-refractivity contribution in [3.05, 3.63) is 60.2 Å². The van der Waals surface area contributed by atoms with Crippen molar-refractivity contribution in [3.63, 3.8) is 0 Å². The van der Waals surface area contributed by atoms with Gasteiger partial charge < -0.3 is 15.5 Å². The third-order valence-electron chi connectivity index (χ3n) is 4.90. The number of hydrogen-bond acceptors (Lipinski definition) is 4. The first-order valence-electron chi connectivity index (χ1n) is 9.80. The summed E-state index contributed by atoms with van der Waals surface area (Å²) >= 11 is 0. The van der Waals surface area contributed by atoms with Gasteiger partial charge in [0.25, 0.3) is 0 Å². The molecule has 2 aromatic carbocycles. The van der Waals surface area contributed by atoms with Crippen LogP contribution in [0.3, 0.4) is 0 Å². The number of hydrogen-bond donors (Lipinski definition) is 3. The fraction of sp³-hybridized carbons (Fsp3) is 0.333. The van der Waals surface area contributed by atoms with Gasteiger partial charge in [-0.25, -0.2) is 17.9 Å². The van der Waals surface area contributed by atoms with E-state index >= 15 is 0 Å². The Hall–Kier alpha value is -2.91. The van der Waals surface area contributed by atoms with Crippen molar-refractivity contribution in [3.8, 4) is 0 Å². The molecule has 1 aliphatic rings. The Bertz CT molecular complexity index is 987. The second-order valence-corrected chi connectivity index (χ2v) is 8.98. The van der Waals surface area contributed by atoms with Gasteiger partial charge in [0.15, 0.2) is 0 Å². The number of anilines is 1. The summed E-state index contributed by atoms with van der Waals surface area (Å²) in [7, 11) is -3.57. The molecule has 1 heterocycles. The molecule has 0 aromatic heterocycles. The van der Waals surface area contributed by atoms with Crippen LogP contribution in [0.5, 0.6) is 0 Å². The van der Waals surface area contributed by atoms with E-state index in [4.69, 9.17) is 0 Å². The largest absolute Gasteiger partial charge is 0.341 e. The van der Waals surface area contributed by atoms with Crippen LogP contribution in [0.2, 0.25) is 0 Å². The molecule has 0 bridgehead atoms. The monoisotopic (exact) mass is 430 g/mol. The second kappa shape index (κ2) is 9.73. The van der Waals surface area contributed by atoms with Gasteiger partial charge >= 0.3 is 6.03 Å². The van der Waals surface area contributed by atoms with Gasteiger partial charge in [0.05, 0.1) is 11.4 Å². The zero-order valence-electron chi connectivity index (χ0n) is 16.8. The van der Waals surface area contributed by atoms with Gasteiger partial charge in [-0.15, -0.1) is 0 Å². The molecule has 3 amide bonds. The molecular formula is C21H26N4O4S. The van der Waals surface area contributed by atoms with E-state index in [-0.39, 0.29) is 23.4 Å². The van der Waals surface area contributed by atoms with Crippen molar-refractivity contribution >= 4 is 27.6 Å². The zero-order chi connectivity index (χ0) is 21.6. The maximum Gasteiger partial charge on any atom is 0.319 e. The van der Waals surface area contributed by atoms with Crippen molar-refractivity contribution in [2.75, 3.05) is 25.0 Å². The van der Waals surface area contributed by atoms with Crippen LogP contribution in [-0.4, -0.2) is 50.9 Å². The number of amides is 3. The molecule has 0 aliphatic carbocycles. The Morgan fingerprint density at radius 2 is 1.73 bits per heavy atom. The number of carbonyl (C=O) groups is 2. The van der Waals surface area contributed by atoms with E-state index in [1.165, 1.54) is 0 Å². The second-order valence-electron chi connectivity index (χ2n) is 7.27. The van der Waals surface area contributed by atoms with Crippen LogP contribution in [0.15, 0.2) is 59.5 Å². The highest BCUT2D eigenvalue weighted by molar-refractivity contribution is 7.89. The lowest BCUT2D eigenvalue weighted by Gasteiger charge is -2.32. The van der Waals surface area contributed by atoms with Gasteiger partial charge in [-0.05, 0) is 49.6 Å². The third-order valence-corrected chi connectivity index (χ3v) is 6.44. The summed E-state index contributed by atoms with van der Waals surface area (Å²) in [4.78, 5) is 26.2. The molecule has 1 aliphatic heterocycles. The maximum absolute atomic E-state index is 12.4. The topological polar surface area (TPSA) is 108 Å². The van der Waals surface area contributed by atoms with Crippen molar-refractivity contribution in [2.24, 2.45) is 0 Å². The highest BCUT2D eigenvalue weighted by Gasteiger charge is 2.26. The molecule has 0 radical (unpaired) electrons. The molecule has 1 fully saturated rings. The molecule has 3 rings (SSSR count). The molecule has 9 heteroatoms. The summed E-state index contributed by atoms with van der Waals surface area (Å²) in [6, 6.07) is 14.9. The number of urea groups is 1. The average molecular weight is 431 g/mol. The van der Waals surface area contributed by atoms with Gasteiger partial charge in [-0.3, -0.25) is 4.79 Å². The Kier molecular flexibility index (Phi) is 7.07. The lowest BCUT2D eigenvalue weighted by molar-refractivity contribution is -0.131. The lowest BCUT2D eigenvalue weighted by Crippen LogP contribution is -2.49. The minimum absolute atomic E-state index is 0.113. The number of piperidine rings is 1. The number of sulfonamides is 1. The molecule has 0 atom stereocenters. The Balaban J connectivity index is 1.42. The maximum atomic E-state index is 12.4. The number of nitrogens with one attached hydrogen (secondary N) is 3. The molecule has 8 nitrogen and oxygen atoms in total. The average Bonchev–Trinajstić information content (AvgIpc) is 2.73. The molecule has 160 valence electrons. The molecule has 1 saturated heterocycles. The zero-order valence-corrected chi connectivity index (χ0v) is 17.6. The predicted molar refractivity (Wildman–Crippen MR) is 115 cm³/mol. The Morgan fingerprint density at radius 3 is 2.40 bits per heavy atom. The van der Waals surface area contributed by atoms with Gasteiger partial charge in [0.2, 0.25) is 15.9 Å². The Labute approximate surface area is 176 Å². The molecule has 30 heavy (non-hydrogen) atoms. The van der Waals surface area contributed by atoms with Crippen molar-refractivity contribution in [1.29, 1.82) is 0 Å². The van der Waals surface area contributed by atoms with E-state index < -0.39 is 16.1 Å². The number of nitrogens with zero attached hydrogens (tertiary/aromatic N) is 1. The van der Waals surface area contributed by atoms with Gasteiger partial charge in [0.1, 0.15) is 0 Å². The molecule has 0 spiro atoms. The number of rotatable bonds is 6.